The van der Waals surface area contributed by atoms with Crippen molar-refractivity contribution in [3.63, 3.8) is 0 Å². The third kappa shape index (κ3) is 5.16. The Morgan fingerprint density at radius 3 is 2.30 bits per heavy atom. The van der Waals surface area contributed by atoms with Gasteiger partial charge in [0.25, 0.3) is 0 Å². The molecule has 2 aromatic rings. The minimum Gasteiger partial charge on any atom is -0.497 e. The van der Waals surface area contributed by atoms with Crippen molar-refractivity contribution in [1.29, 1.82) is 0 Å². The van der Waals surface area contributed by atoms with Crippen molar-refractivity contribution >= 4 is 5.69 Å². The summed E-state index contributed by atoms with van der Waals surface area (Å²) in [5, 5.41) is 0. The highest BCUT2D eigenvalue weighted by molar-refractivity contribution is 5.49. The summed E-state index contributed by atoms with van der Waals surface area (Å²) in [7, 11) is 1.71. The lowest BCUT2D eigenvalue weighted by Gasteiger charge is -2.36. The molecule has 0 spiro atoms. The molecule has 0 aromatic heterocycles. The summed E-state index contributed by atoms with van der Waals surface area (Å²) < 4.78 is 11.4. The first-order chi connectivity index (χ1) is 13.1. The summed E-state index contributed by atoms with van der Waals surface area (Å²) in [6, 6.07) is 14.9. The van der Waals surface area contributed by atoms with Gasteiger partial charge >= 0.3 is 0 Å². The van der Waals surface area contributed by atoms with Crippen LogP contribution in [0.1, 0.15) is 30.9 Å². The number of hydrogen-bond acceptors (Lipinski definition) is 4. The van der Waals surface area contributed by atoms with Crippen LogP contribution >= 0.6 is 0 Å². The molecule has 4 heteroatoms. The Labute approximate surface area is 163 Å². The molecule has 0 bridgehead atoms. The number of nitrogens with zero attached hydrogens (tertiary/aromatic N) is 2. The van der Waals surface area contributed by atoms with Gasteiger partial charge in [-0.1, -0.05) is 26.0 Å². The van der Waals surface area contributed by atoms with Gasteiger partial charge in [-0.05, 0) is 54.3 Å². The highest BCUT2D eigenvalue weighted by atomic mass is 16.5. The van der Waals surface area contributed by atoms with Crippen molar-refractivity contribution < 1.29 is 9.47 Å². The van der Waals surface area contributed by atoms with Gasteiger partial charge in [-0.2, -0.15) is 0 Å². The van der Waals surface area contributed by atoms with E-state index in [2.05, 4.69) is 60.9 Å². The molecule has 4 nitrogen and oxygen atoms in total. The number of benzene rings is 2. The number of methoxy groups -OCH3 is 1. The van der Waals surface area contributed by atoms with Crippen LogP contribution in [0.4, 0.5) is 5.69 Å². The van der Waals surface area contributed by atoms with Crippen LogP contribution in [0.15, 0.2) is 42.5 Å². The SMILES string of the molecule is COc1ccc(N2CCN(CCOc3cc(C)ccc3C(C)C)CC2)cc1. The maximum Gasteiger partial charge on any atom is 0.123 e. The highest BCUT2D eigenvalue weighted by Crippen LogP contribution is 2.27. The van der Waals surface area contributed by atoms with Crippen LogP contribution in [0.25, 0.3) is 0 Å². The standard InChI is InChI=1S/C23H32N2O2/c1-18(2)22-10-5-19(3)17-23(22)27-16-15-24-11-13-25(14-12-24)20-6-8-21(26-4)9-7-20/h5-10,17-18H,11-16H2,1-4H3. The fourth-order valence-corrected chi connectivity index (χ4v) is 3.55. The summed E-state index contributed by atoms with van der Waals surface area (Å²) in [5.74, 6) is 2.43. The molecule has 3 rings (SSSR count). The largest absolute Gasteiger partial charge is 0.497 e. The van der Waals surface area contributed by atoms with Gasteiger partial charge in [0.2, 0.25) is 0 Å². The van der Waals surface area contributed by atoms with Crippen LogP contribution in [-0.2, 0) is 0 Å². The lowest BCUT2D eigenvalue weighted by atomic mass is 10.0. The van der Waals surface area contributed by atoms with E-state index >= 15 is 0 Å². The maximum absolute atomic E-state index is 6.15. The van der Waals surface area contributed by atoms with Crippen molar-refractivity contribution in [2.75, 3.05) is 51.3 Å². The van der Waals surface area contributed by atoms with E-state index in [9.17, 15) is 0 Å². The molecule has 0 radical (unpaired) electrons. The Morgan fingerprint density at radius 1 is 0.963 bits per heavy atom. The third-order valence-corrected chi connectivity index (χ3v) is 5.27. The number of ether oxygens (including phenoxy) is 2. The molecular formula is C23H32N2O2. The zero-order valence-electron chi connectivity index (χ0n) is 17.1. The summed E-state index contributed by atoms with van der Waals surface area (Å²) in [6.45, 7) is 12.5. The molecule has 27 heavy (non-hydrogen) atoms. The maximum atomic E-state index is 6.15. The molecule has 1 saturated heterocycles. The van der Waals surface area contributed by atoms with Crippen molar-refractivity contribution in [1.82, 2.24) is 4.90 Å². The zero-order chi connectivity index (χ0) is 19.2. The smallest absolute Gasteiger partial charge is 0.123 e. The quantitative estimate of drug-likeness (QED) is 0.726. The molecule has 146 valence electrons. The van der Waals surface area contributed by atoms with E-state index in [0.717, 1.165) is 50.8 Å². The molecule has 1 heterocycles. The second kappa shape index (κ2) is 9.14. The summed E-state index contributed by atoms with van der Waals surface area (Å²) in [4.78, 5) is 4.93. The van der Waals surface area contributed by atoms with Crippen LogP contribution in [0, 0.1) is 6.92 Å². The average Bonchev–Trinajstić information content (AvgIpc) is 2.68. The minimum absolute atomic E-state index is 0.480. The van der Waals surface area contributed by atoms with Gasteiger partial charge in [0.1, 0.15) is 18.1 Å². The fraction of sp³-hybridized carbons (Fsp3) is 0.478. The molecule has 0 unspecified atom stereocenters. The van der Waals surface area contributed by atoms with E-state index in [0.29, 0.717) is 5.92 Å². The zero-order valence-corrected chi connectivity index (χ0v) is 17.1. The Bertz CT molecular complexity index is 720. The molecule has 0 aliphatic carbocycles. The van der Waals surface area contributed by atoms with Gasteiger partial charge in [-0.3, -0.25) is 4.90 Å². The van der Waals surface area contributed by atoms with Crippen LogP contribution in [0.5, 0.6) is 11.5 Å². The predicted molar refractivity (Wildman–Crippen MR) is 112 cm³/mol. The number of anilines is 1. The normalized spacial score (nSPS) is 15.2. The first-order valence-electron chi connectivity index (χ1n) is 9.91. The Hall–Kier alpha value is -2.20. The van der Waals surface area contributed by atoms with Gasteiger partial charge < -0.3 is 14.4 Å². The highest BCUT2D eigenvalue weighted by Gasteiger charge is 2.17. The average molecular weight is 369 g/mol. The molecule has 1 aliphatic heterocycles. The molecule has 2 aromatic carbocycles. The van der Waals surface area contributed by atoms with E-state index in [1.165, 1.54) is 16.8 Å². The summed E-state index contributed by atoms with van der Waals surface area (Å²) in [5.41, 5.74) is 3.82. The lowest BCUT2D eigenvalue weighted by molar-refractivity contribution is 0.199. The van der Waals surface area contributed by atoms with Crippen LogP contribution in [0.2, 0.25) is 0 Å². The molecule has 1 fully saturated rings. The van der Waals surface area contributed by atoms with Crippen LogP contribution < -0.4 is 14.4 Å². The number of rotatable bonds is 7. The molecule has 0 amide bonds. The predicted octanol–water partition coefficient (Wildman–Crippen LogP) is 4.33. The Morgan fingerprint density at radius 2 is 1.67 bits per heavy atom. The summed E-state index contributed by atoms with van der Waals surface area (Å²) in [6.07, 6.45) is 0. The second-order valence-electron chi connectivity index (χ2n) is 7.57. The molecule has 1 aliphatic rings. The van der Waals surface area contributed by atoms with E-state index in [1.807, 2.05) is 12.1 Å². The van der Waals surface area contributed by atoms with E-state index < -0.39 is 0 Å². The monoisotopic (exact) mass is 368 g/mol. The molecule has 0 saturated carbocycles. The van der Waals surface area contributed by atoms with Crippen LogP contribution in [0.3, 0.4) is 0 Å². The van der Waals surface area contributed by atoms with Crippen molar-refractivity contribution in [3.8, 4) is 11.5 Å². The lowest BCUT2D eigenvalue weighted by Crippen LogP contribution is -2.47. The topological polar surface area (TPSA) is 24.9 Å². The minimum atomic E-state index is 0.480. The number of piperazine rings is 1. The van der Waals surface area contributed by atoms with Gasteiger partial charge in [0, 0.05) is 38.4 Å². The van der Waals surface area contributed by atoms with Crippen molar-refractivity contribution in [2.45, 2.75) is 26.7 Å². The third-order valence-electron chi connectivity index (χ3n) is 5.27. The fourth-order valence-electron chi connectivity index (χ4n) is 3.55. The van der Waals surface area contributed by atoms with E-state index in [4.69, 9.17) is 9.47 Å². The summed E-state index contributed by atoms with van der Waals surface area (Å²) >= 11 is 0. The van der Waals surface area contributed by atoms with Crippen molar-refractivity contribution in [3.05, 3.63) is 53.6 Å². The first kappa shape index (κ1) is 19.6. The van der Waals surface area contributed by atoms with E-state index in [-0.39, 0.29) is 0 Å². The van der Waals surface area contributed by atoms with Crippen molar-refractivity contribution in [2.24, 2.45) is 0 Å². The van der Waals surface area contributed by atoms with Gasteiger partial charge in [0.05, 0.1) is 7.11 Å². The Balaban J connectivity index is 1.47. The first-order valence-corrected chi connectivity index (χ1v) is 9.91. The Kier molecular flexibility index (Phi) is 6.62. The van der Waals surface area contributed by atoms with E-state index in [1.54, 1.807) is 7.11 Å². The second-order valence-corrected chi connectivity index (χ2v) is 7.57. The van der Waals surface area contributed by atoms with Gasteiger partial charge in [-0.25, -0.2) is 0 Å². The number of hydrogen-bond donors (Lipinski definition) is 0. The molecule has 0 atom stereocenters. The molecular weight excluding hydrogens is 336 g/mol. The van der Waals surface area contributed by atoms with Gasteiger partial charge in [-0.15, -0.1) is 0 Å². The molecule has 0 N–H and O–H groups in total. The number of aryl methyl sites for hydroxylation is 1. The van der Waals surface area contributed by atoms with Crippen LogP contribution in [-0.4, -0.2) is 51.3 Å². The van der Waals surface area contributed by atoms with Gasteiger partial charge in [0.15, 0.2) is 0 Å².